The molecule has 23 heavy (non-hydrogen) atoms. The number of alkyl halides is 4. The zero-order valence-corrected chi connectivity index (χ0v) is 12.4. The number of hydrogen-bond acceptors (Lipinski definition) is 4. The van der Waals surface area contributed by atoms with Gasteiger partial charge >= 0.3 is 0 Å². The number of rotatable bonds is 4. The van der Waals surface area contributed by atoms with E-state index in [1.54, 1.807) is 0 Å². The first-order chi connectivity index (χ1) is 10.7. The van der Waals surface area contributed by atoms with E-state index in [4.69, 9.17) is 16.3 Å². The summed E-state index contributed by atoms with van der Waals surface area (Å²) in [6.45, 7) is 0. The van der Waals surface area contributed by atoms with Crippen molar-refractivity contribution in [3.05, 3.63) is 28.8 Å². The van der Waals surface area contributed by atoms with Crippen LogP contribution in [0, 0.1) is 0 Å². The second kappa shape index (κ2) is 6.32. The van der Waals surface area contributed by atoms with Crippen molar-refractivity contribution in [1.29, 1.82) is 0 Å². The van der Waals surface area contributed by atoms with Crippen molar-refractivity contribution in [1.82, 2.24) is 5.01 Å². The maximum atomic E-state index is 13.1. The van der Waals surface area contributed by atoms with Gasteiger partial charge in [0, 0.05) is 11.4 Å². The molecule has 0 saturated carbocycles. The van der Waals surface area contributed by atoms with E-state index >= 15 is 0 Å². The number of methoxy groups -OCH3 is 1. The molecule has 1 aliphatic heterocycles. The van der Waals surface area contributed by atoms with Crippen molar-refractivity contribution in [2.45, 2.75) is 25.0 Å². The summed E-state index contributed by atoms with van der Waals surface area (Å²) in [5.74, 6) is -1.26. The molecule has 0 aromatic heterocycles. The van der Waals surface area contributed by atoms with Crippen molar-refractivity contribution >= 4 is 23.2 Å². The summed E-state index contributed by atoms with van der Waals surface area (Å²) in [7, 11) is 1.22. The van der Waals surface area contributed by atoms with Crippen LogP contribution in [0.25, 0.3) is 0 Å². The number of carbonyl (C=O) groups excluding carboxylic acids is 1. The largest absolute Gasteiger partial charge is 0.496 e. The molecule has 0 saturated heterocycles. The molecule has 0 spiro atoms. The summed E-state index contributed by atoms with van der Waals surface area (Å²) in [6.07, 6.45) is -7.84. The minimum Gasteiger partial charge on any atom is -0.496 e. The van der Waals surface area contributed by atoms with Crippen LogP contribution >= 0.6 is 11.6 Å². The molecule has 1 atom stereocenters. The van der Waals surface area contributed by atoms with Crippen LogP contribution in [0.5, 0.6) is 5.75 Å². The van der Waals surface area contributed by atoms with Gasteiger partial charge in [0.1, 0.15) is 11.5 Å². The molecule has 0 unspecified atom stereocenters. The number of benzene rings is 1. The van der Waals surface area contributed by atoms with Gasteiger partial charge in [-0.3, -0.25) is 4.79 Å². The Morgan fingerprint density at radius 2 is 2.09 bits per heavy atom. The highest BCUT2D eigenvalue weighted by Gasteiger charge is 2.53. The lowest BCUT2D eigenvalue weighted by Gasteiger charge is -2.30. The minimum absolute atomic E-state index is 0.0308. The Bertz CT molecular complexity index is 656. The molecule has 1 aliphatic rings. The highest BCUT2D eigenvalue weighted by atomic mass is 35.5. The maximum Gasteiger partial charge on any atom is 0.287 e. The highest BCUT2D eigenvalue weighted by Crippen LogP contribution is 2.36. The Morgan fingerprint density at radius 1 is 1.43 bits per heavy atom. The molecule has 1 heterocycles. The first-order valence-electron chi connectivity index (χ1n) is 6.25. The van der Waals surface area contributed by atoms with Gasteiger partial charge in [-0.15, -0.1) is 0 Å². The first kappa shape index (κ1) is 17.5. The number of carbonyl (C=O) groups is 1. The number of hydrogen-bond donors (Lipinski definition) is 1. The number of hydrazone groups is 1. The Labute approximate surface area is 133 Å². The standard InChI is InChI=1S/C13H11ClF4N2O3/c1-23-9-3-2-6(14)4-7(9)11(21)20-13(22,12(17)18)5-8(19-20)10(15)16/h2-4,10,12,22H,5H2,1H3/t13-/m0/s1. The number of halogens is 5. The van der Waals surface area contributed by atoms with Gasteiger partial charge in [-0.1, -0.05) is 11.6 Å². The number of aliphatic hydroxyl groups is 1. The van der Waals surface area contributed by atoms with Crippen molar-refractivity contribution in [2.24, 2.45) is 5.10 Å². The fourth-order valence-corrected chi connectivity index (χ4v) is 2.24. The normalized spacial score (nSPS) is 21.1. The molecule has 0 aliphatic carbocycles. The number of ether oxygens (including phenoxy) is 1. The molecule has 0 radical (unpaired) electrons. The van der Waals surface area contributed by atoms with Crippen LogP contribution in [0.2, 0.25) is 5.02 Å². The third-order valence-electron chi connectivity index (χ3n) is 3.22. The molecule has 0 bridgehead atoms. The van der Waals surface area contributed by atoms with Crippen molar-refractivity contribution < 1.29 is 32.2 Å². The Balaban J connectivity index is 2.49. The molecular formula is C13H11ClF4N2O3. The van der Waals surface area contributed by atoms with E-state index in [9.17, 15) is 27.5 Å². The van der Waals surface area contributed by atoms with Crippen LogP contribution in [-0.2, 0) is 0 Å². The van der Waals surface area contributed by atoms with Gasteiger partial charge in [0.15, 0.2) is 0 Å². The monoisotopic (exact) mass is 354 g/mol. The maximum absolute atomic E-state index is 13.1. The fourth-order valence-electron chi connectivity index (χ4n) is 2.06. The van der Waals surface area contributed by atoms with E-state index in [0.717, 1.165) is 6.07 Å². The average Bonchev–Trinajstić information content (AvgIpc) is 2.86. The summed E-state index contributed by atoms with van der Waals surface area (Å²) < 4.78 is 56.6. The SMILES string of the molecule is COc1ccc(Cl)cc1C(=O)N1N=C(C(F)F)C[C@]1(O)C(F)F. The highest BCUT2D eigenvalue weighted by molar-refractivity contribution is 6.31. The molecule has 1 N–H and O–H groups in total. The second-order valence-electron chi connectivity index (χ2n) is 4.71. The quantitative estimate of drug-likeness (QED) is 0.846. The van der Waals surface area contributed by atoms with Gasteiger partial charge in [-0.2, -0.15) is 10.1 Å². The zero-order chi connectivity index (χ0) is 17.4. The molecule has 1 aromatic carbocycles. The van der Waals surface area contributed by atoms with Crippen LogP contribution in [0.1, 0.15) is 16.8 Å². The van der Waals surface area contributed by atoms with Crippen LogP contribution in [0.3, 0.4) is 0 Å². The zero-order valence-electron chi connectivity index (χ0n) is 11.6. The Morgan fingerprint density at radius 3 is 2.61 bits per heavy atom. The van der Waals surface area contributed by atoms with Crippen LogP contribution in [-0.4, -0.2) is 47.4 Å². The smallest absolute Gasteiger partial charge is 0.287 e. The molecule has 1 aromatic rings. The molecule has 1 amide bonds. The average molecular weight is 355 g/mol. The van der Waals surface area contributed by atoms with Gasteiger partial charge in [-0.25, -0.2) is 17.6 Å². The first-order valence-corrected chi connectivity index (χ1v) is 6.62. The topological polar surface area (TPSA) is 62.1 Å². The van der Waals surface area contributed by atoms with Crippen LogP contribution in [0.15, 0.2) is 23.3 Å². The van der Waals surface area contributed by atoms with E-state index in [2.05, 4.69) is 5.10 Å². The third-order valence-corrected chi connectivity index (χ3v) is 3.46. The van der Waals surface area contributed by atoms with Gasteiger partial charge < -0.3 is 9.84 Å². The predicted molar refractivity (Wildman–Crippen MR) is 73.2 cm³/mol. The fraction of sp³-hybridized carbons (Fsp3) is 0.385. The molecule has 0 fully saturated rings. The summed E-state index contributed by atoms with van der Waals surface area (Å²) >= 11 is 5.74. The summed E-state index contributed by atoms with van der Waals surface area (Å²) in [5.41, 5.74) is -4.46. The van der Waals surface area contributed by atoms with E-state index in [-0.39, 0.29) is 21.3 Å². The molecular weight excluding hydrogens is 344 g/mol. The van der Waals surface area contributed by atoms with E-state index in [1.807, 2.05) is 0 Å². The molecule has 5 nitrogen and oxygen atoms in total. The third kappa shape index (κ3) is 3.11. The van der Waals surface area contributed by atoms with E-state index in [1.165, 1.54) is 19.2 Å². The van der Waals surface area contributed by atoms with Gasteiger partial charge in [-0.05, 0) is 18.2 Å². The summed E-state index contributed by atoms with van der Waals surface area (Å²) in [4.78, 5) is 12.4. The van der Waals surface area contributed by atoms with E-state index < -0.39 is 36.6 Å². The number of amides is 1. The summed E-state index contributed by atoms with van der Waals surface area (Å²) in [5, 5.41) is 13.2. The summed E-state index contributed by atoms with van der Waals surface area (Å²) in [6, 6.07) is 3.78. The van der Waals surface area contributed by atoms with Crippen LogP contribution < -0.4 is 4.74 Å². The van der Waals surface area contributed by atoms with Crippen molar-refractivity contribution in [2.75, 3.05) is 7.11 Å². The minimum atomic E-state index is -3.50. The lowest BCUT2D eigenvalue weighted by molar-refractivity contribution is -0.164. The molecule has 10 heteroatoms. The Hall–Kier alpha value is -1.87. The molecule has 126 valence electrons. The van der Waals surface area contributed by atoms with Crippen molar-refractivity contribution in [3.63, 3.8) is 0 Å². The predicted octanol–water partition coefficient (Wildman–Crippen LogP) is 2.77. The van der Waals surface area contributed by atoms with Crippen LogP contribution in [0.4, 0.5) is 17.6 Å². The van der Waals surface area contributed by atoms with Gasteiger partial charge in [0.25, 0.3) is 18.8 Å². The van der Waals surface area contributed by atoms with Gasteiger partial charge in [0.2, 0.25) is 5.72 Å². The lowest BCUT2D eigenvalue weighted by atomic mass is 10.1. The lowest BCUT2D eigenvalue weighted by Crippen LogP contribution is -2.51. The van der Waals surface area contributed by atoms with Crippen molar-refractivity contribution in [3.8, 4) is 5.75 Å². The van der Waals surface area contributed by atoms with Gasteiger partial charge in [0.05, 0.1) is 12.7 Å². The second-order valence-corrected chi connectivity index (χ2v) is 5.15. The Kier molecular flexibility index (Phi) is 4.81. The molecule has 2 rings (SSSR count). The van der Waals surface area contributed by atoms with E-state index in [0.29, 0.717) is 0 Å². The number of nitrogens with zero attached hydrogens (tertiary/aromatic N) is 2.